The number of aromatic nitrogens is 2. The van der Waals surface area contributed by atoms with Crippen molar-refractivity contribution in [1.29, 1.82) is 0 Å². The summed E-state index contributed by atoms with van der Waals surface area (Å²) in [5, 5.41) is 0. The molecule has 0 bridgehead atoms. The van der Waals surface area contributed by atoms with Crippen LogP contribution in [-0.4, -0.2) is 39.6 Å². The van der Waals surface area contributed by atoms with E-state index in [1.807, 2.05) is 43.9 Å². The van der Waals surface area contributed by atoms with Gasteiger partial charge in [-0.25, -0.2) is 4.98 Å². The van der Waals surface area contributed by atoms with E-state index in [1.54, 1.807) is 6.20 Å². The molecule has 1 aromatic carbocycles. The molecule has 1 aliphatic carbocycles. The van der Waals surface area contributed by atoms with Gasteiger partial charge in [-0.15, -0.1) is 0 Å². The second-order valence-corrected chi connectivity index (χ2v) is 7.56. The van der Waals surface area contributed by atoms with E-state index in [2.05, 4.69) is 22.0 Å². The topological polar surface area (TPSA) is 56.6 Å². The number of esters is 1. The van der Waals surface area contributed by atoms with Crippen LogP contribution in [0.15, 0.2) is 36.7 Å². The molecule has 1 aromatic heterocycles. The molecular formula is C22H31N3O3. The van der Waals surface area contributed by atoms with Crippen LogP contribution >= 0.6 is 0 Å². The average Bonchev–Trinajstić information content (AvgIpc) is 3.13. The fourth-order valence-electron chi connectivity index (χ4n) is 3.94. The van der Waals surface area contributed by atoms with Gasteiger partial charge in [0.15, 0.2) is 0 Å². The highest BCUT2D eigenvalue weighted by Crippen LogP contribution is 2.35. The van der Waals surface area contributed by atoms with E-state index in [1.165, 1.54) is 6.42 Å². The summed E-state index contributed by atoms with van der Waals surface area (Å²) in [4.78, 5) is 19.2. The molecule has 3 rings (SSSR count). The van der Waals surface area contributed by atoms with Crippen molar-refractivity contribution >= 4 is 5.97 Å². The highest BCUT2D eigenvalue weighted by molar-refractivity contribution is 5.81. The van der Waals surface area contributed by atoms with Crippen molar-refractivity contribution in [3.05, 3.63) is 48.0 Å². The molecule has 0 aliphatic heterocycles. The first-order valence-corrected chi connectivity index (χ1v) is 10.1. The van der Waals surface area contributed by atoms with Gasteiger partial charge < -0.3 is 14.0 Å². The molecule has 1 aliphatic rings. The van der Waals surface area contributed by atoms with Crippen LogP contribution < -0.4 is 4.74 Å². The monoisotopic (exact) mass is 385 g/mol. The van der Waals surface area contributed by atoms with E-state index in [0.717, 1.165) is 42.8 Å². The third-order valence-corrected chi connectivity index (χ3v) is 5.70. The van der Waals surface area contributed by atoms with Gasteiger partial charge in [0.2, 0.25) is 0 Å². The molecule has 0 amide bonds. The second-order valence-electron chi connectivity index (χ2n) is 7.56. The average molecular weight is 386 g/mol. The van der Waals surface area contributed by atoms with Crippen LogP contribution in [0.2, 0.25) is 0 Å². The van der Waals surface area contributed by atoms with Gasteiger partial charge in [0.1, 0.15) is 23.7 Å². The Balaban J connectivity index is 1.63. The number of nitrogens with zero attached hydrogens (tertiary/aromatic N) is 3. The van der Waals surface area contributed by atoms with Crippen LogP contribution in [0, 0.1) is 0 Å². The number of carbonyl (C=O) groups is 1. The molecule has 0 unspecified atom stereocenters. The van der Waals surface area contributed by atoms with Crippen molar-refractivity contribution in [1.82, 2.24) is 14.5 Å². The van der Waals surface area contributed by atoms with Gasteiger partial charge in [-0.05, 0) is 44.5 Å². The van der Waals surface area contributed by atoms with E-state index in [4.69, 9.17) is 9.47 Å². The largest absolute Gasteiger partial charge is 0.486 e. The van der Waals surface area contributed by atoms with Gasteiger partial charge >= 0.3 is 5.97 Å². The molecule has 0 spiro atoms. The van der Waals surface area contributed by atoms with Crippen molar-refractivity contribution in [2.45, 2.75) is 57.7 Å². The number of likely N-dealkylation sites (N-methyl/N-ethyl adjacent to an activating group) is 1. The predicted molar refractivity (Wildman–Crippen MR) is 108 cm³/mol. The van der Waals surface area contributed by atoms with Gasteiger partial charge in [0, 0.05) is 26.0 Å². The zero-order valence-electron chi connectivity index (χ0n) is 17.2. The van der Waals surface area contributed by atoms with Crippen LogP contribution in [0.5, 0.6) is 5.75 Å². The van der Waals surface area contributed by atoms with Gasteiger partial charge in [0.25, 0.3) is 0 Å². The summed E-state index contributed by atoms with van der Waals surface area (Å²) in [5.41, 5.74) is 0.655. The number of hydrogen-bond acceptors (Lipinski definition) is 5. The first-order chi connectivity index (χ1) is 13.5. The smallest absolute Gasteiger partial charge is 0.326 e. The Bertz CT molecular complexity index is 764. The van der Waals surface area contributed by atoms with E-state index < -0.39 is 5.54 Å². The Morgan fingerprint density at radius 1 is 1.21 bits per heavy atom. The summed E-state index contributed by atoms with van der Waals surface area (Å²) >= 11 is 0. The molecule has 2 aromatic rings. The maximum Gasteiger partial charge on any atom is 0.326 e. The van der Waals surface area contributed by atoms with Crippen molar-refractivity contribution in [3.63, 3.8) is 0 Å². The molecule has 0 N–H and O–H groups in total. The summed E-state index contributed by atoms with van der Waals surface area (Å²) in [6, 6.07) is 8.08. The first kappa shape index (κ1) is 20.4. The van der Waals surface area contributed by atoms with Gasteiger partial charge in [-0.1, -0.05) is 31.4 Å². The summed E-state index contributed by atoms with van der Waals surface area (Å²) in [6.07, 6.45) is 8.74. The zero-order chi connectivity index (χ0) is 20.0. The van der Waals surface area contributed by atoms with Crippen LogP contribution in [0.1, 0.15) is 50.4 Å². The minimum Gasteiger partial charge on any atom is -0.486 e. The lowest BCUT2D eigenvalue weighted by molar-refractivity contribution is -0.160. The standard InChI is InChI=1S/C22H31N3O3/c1-4-27-21(26)22(12-6-5-7-13-22)25(3)16-18-8-10-19(11-9-18)28-17-20-23-14-15-24(20)2/h8-11,14-15H,4-7,12-13,16-17H2,1-3H3. The Labute approximate surface area is 167 Å². The number of carbonyl (C=O) groups excluding carboxylic acids is 1. The molecule has 0 atom stereocenters. The summed E-state index contributed by atoms with van der Waals surface area (Å²) in [6.45, 7) is 3.45. The SMILES string of the molecule is CCOC(=O)C1(N(C)Cc2ccc(OCc3nccn3C)cc2)CCCCC1. The van der Waals surface area contributed by atoms with Gasteiger partial charge in [-0.3, -0.25) is 9.69 Å². The van der Waals surface area contributed by atoms with Crippen molar-refractivity contribution < 1.29 is 14.3 Å². The number of benzene rings is 1. The molecule has 6 heteroatoms. The molecular weight excluding hydrogens is 354 g/mol. The number of aryl methyl sites for hydroxylation is 1. The van der Waals surface area contributed by atoms with Crippen molar-refractivity contribution in [3.8, 4) is 5.75 Å². The molecule has 1 heterocycles. The lowest BCUT2D eigenvalue weighted by Crippen LogP contribution is -2.54. The molecule has 152 valence electrons. The molecule has 0 saturated heterocycles. The number of ether oxygens (including phenoxy) is 2. The van der Waals surface area contributed by atoms with Crippen LogP contribution in [0.3, 0.4) is 0 Å². The van der Waals surface area contributed by atoms with E-state index in [0.29, 0.717) is 19.8 Å². The lowest BCUT2D eigenvalue weighted by Gasteiger charge is -2.42. The third-order valence-electron chi connectivity index (χ3n) is 5.70. The highest BCUT2D eigenvalue weighted by atomic mass is 16.5. The minimum absolute atomic E-state index is 0.0766. The van der Waals surface area contributed by atoms with Crippen molar-refractivity contribution in [2.24, 2.45) is 7.05 Å². The third kappa shape index (κ3) is 4.55. The van der Waals surface area contributed by atoms with Crippen LogP contribution in [-0.2, 0) is 29.7 Å². The molecule has 0 radical (unpaired) electrons. The van der Waals surface area contributed by atoms with Crippen LogP contribution in [0.25, 0.3) is 0 Å². The van der Waals surface area contributed by atoms with Gasteiger partial charge in [0.05, 0.1) is 6.61 Å². The van der Waals surface area contributed by atoms with Crippen LogP contribution in [0.4, 0.5) is 0 Å². The number of hydrogen-bond donors (Lipinski definition) is 0. The maximum absolute atomic E-state index is 12.7. The Hall–Kier alpha value is -2.34. The molecule has 28 heavy (non-hydrogen) atoms. The quantitative estimate of drug-likeness (QED) is 0.649. The number of imidazole rings is 1. The van der Waals surface area contributed by atoms with E-state index in [9.17, 15) is 4.79 Å². The highest BCUT2D eigenvalue weighted by Gasteiger charge is 2.44. The second kappa shape index (κ2) is 9.24. The fraction of sp³-hybridized carbons (Fsp3) is 0.545. The summed E-state index contributed by atoms with van der Waals surface area (Å²) in [5.74, 6) is 1.62. The molecule has 1 saturated carbocycles. The first-order valence-electron chi connectivity index (χ1n) is 10.1. The van der Waals surface area contributed by atoms with Gasteiger partial charge in [-0.2, -0.15) is 0 Å². The minimum atomic E-state index is -0.498. The Morgan fingerprint density at radius 2 is 1.93 bits per heavy atom. The normalized spacial score (nSPS) is 16.1. The summed E-state index contributed by atoms with van der Waals surface area (Å²) in [7, 11) is 3.99. The Morgan fingerprint density at radius 3 is 2.54 bits per heavy atom. The zero-order valence-corrected chi connectivity index (χ0v) is 17.2. The molecule has 1 fully saturated rings. The fourth-order valence-corrected chi connectivity index (χ4v) is 3.94. The van der Waals surface area contributed by atoms with E-state index in [-0.39, 0.29) is 5.97 Å². The predicted octanol–water partition coefficient (Wildman–Crippen LogP) is 3.70. The van der Waals surface area contributed by atoms with E-state index >= 15 is 0 Å². The Kier molecular flexibility index (Phi) is 6.73. The van der Waals surface area contributed by atoms with Crippen molar-refractivity contribution in [2.75, 3.05) is 13.7 Å². The summed E-state index contributed by atoms with van der Waals surface area (Å²) < 4.78 is 13.2. The maximum atomic E-state index is 12.7. The number of rotatable bonds is 8. The lowest BCUT2D eigenvalue weighted by atomic mass is 9.80. The molecule has 6 nitrogen and oxygen atoms in total.